The molecule has 1 N–H and O–H groups in total. The van der Waals surface area contributed by atoms with E-state index in [1.165, 1.54) is 0 Å². The van der Waals surface area contributed by atoms with Crippen molar-refractivity contribution in [1.29, 1.82) is 0 Å². The van der Waals surface area contributed by atoms with Crippen LogP contribution >= 0.6 is 11.8 Å². The number of rotatable bonds is 2. The molecule has 1 aliphatic rings. The highest BCUT2D eigenvalue weighted by molar-refractivity contribution is 7.99. The number of ether oxygens (including phenoxy) is 1. The first-order chi connectivity index (χ1) is 7.36. The van der Waals surface area contributed by atoms with Crippen LogP contribution in [0.1, 0.15) is 0 Å². The van der Waals surface area contributed by atoms with Gasteiger partial charge in [-0.3, -0.25) is 0 Å². The van der Waals surface area contributed by atoms with Crippen LogP contribution in [0.5, 0.6) is 5.75 Å². The van der Waals surface area contributed by atoms with E-state index >= 15 is 0 Å². The van der Waals surface area contributed by atoms with Crippen LogP contribution in [0.2, 0.25) is 0 Å². The van der Waals surface area contributed by atoms with Crippen molar-refractivity contribution < 1.29 is 9.53 Å². The van der Waals surface area contributed by atoms with Gasteiger partial charge in [0, 0.05) is 18.1 Å². The van der Waals surface area contributed by atoms with Crippen molar-refractivity contribution in [3.63, 3.8) is 0 Å². The molecule has 0 radical (unpaired) electrons. The molecule has 0 spiro atoms. The normalized spacial score (nSPS) is 20.9. The van der Waals surface area contributed by atoms with Gasteiger partial charge in [-0.1, -0.05) is 18.2 Å². The molecule has 1 atom stereocenters. The molecular weight excluding hydrogens is 210 g/mol. The number of carbonyl (C=O) groups excluding carboxylic acids is 1. The molecule has 0 aliphatic carbocycles. The summed E-state index contributed by atoms with van der Waals surface area (Å²) in [6.45, 7) is 0.874. The van der Waals surface area contributed by atoms with Crippen molar-refractivity contribution in [2.75, 3.05) is 18.1 Å². The van der Waals surface area contributed by atoms with Gasteiger partial charge in [0.1, 0.15) is 11.8 Å². The summed E-state index contributed by atoms with van der Waals surface area (Å²) in [6.07, 6.45) is 0. The zero-order valence-corrected chi connectivity index (χ0v) is 9.13. The van der Waals surface area contributed by atoms with Crippen molar-refractivity contribution in [1.82, 2.24) is 5.32 Å². The summed E-state index contributed by atoms with van der Waals surface area (Å²) in [7, 11) is 0. The monoisotopic (exact) mass is 223 g/mol. The Kier molecular flexibility index (Phi) is 3.64. The minimum atomic E-state index is -0.187. The van der Waals surface area contributed by atoms with Crippen molar-refractivity contribution in [2.24, 2.45) is 0 Å². The van der Waals surface area contributed by atoms with Crippen LogP contribution < -0.4 is 10.1 Å². The second-order valence-electron chi connectivity index (χ2n) is 3.32. The zero-order valence-electron chi connectivity index (χ0n) is 8.31. The molecule has 0 saturated carbocycles. The SMILES string of the molecule is O=C(Oc1ccccc1)C1CSCCN1. The summed E-state index contributed by atoms with van der Waals surface area (Å²) < 4.78 is 5.24. The van der Waals surface area contributed by atoms with E-state index in [2.05, 4.69) is 5.32 Å². The van der Waals surface area contributed by atoms with E-state index in [4.69, 9.17) is 4.74 Å². The Morgan fingerprint density at radius 1 is 1.40 bits per heavy atom. The lowest BCUT2D eigenvalue weighted by atomic mass is 10.3. The molecule has 0 bridgehead atoms. The predicted octanol–water partition coefficient (Wildman–Crippen LogP) is 1.30. The maximum atomic E-state index is 11.7. The van der Waals surface area contributed by atoms with Gasteiger partial charge in [-0.15, -0.1) is 0 Å². The summed E-state index contributed by atoms with van der Waals surface area (Å²) >= 11 is 1.78. The highest BCUT2D eigenvalue weighted by atomic mass is 32.2. The number of nitrogens with one attached hydrogen (secondary N) is 1. The second-order valence-corrected chi connectivity index (χ2v) is 4.47. The van der Waals surface area contributed by atoms with Gasteiger partial charge in [0.05, 0.1) is 0 Å². The van der Waals surface area contributed by atoms with E-state index < -0.39 is 0 Å². The minimum absolute atomic E-state index is 0.163. The fourth-order valence-electron chi connectivity index (χ4n) is 1.39. The van der Waals surface area contributed by atoms with Crippen molar-refractivity contribution in [3.8, 4) is 5.75 Å². The Morgan fingerprint density at radius 3 is 2.87 bits per heavy atom. The van der Waals surface area contributed by atoms with Gasteiger partial charge >= 0.3 is 5.97 Å². The first-order valence-electron chi connectivity index (χ1n) is 4.94. The average molecular weight is 223 g/mol. The molecule has 1 heterocycles. The van der Waals surface area contributed by atoms with E-state index in [1.54, 1.807) is 23.9 Å². The van der Waals surface area contributed by atoms with Gasteiger partial charge < -0.3 is 10.1 Å². The fourth-order valence-corrected chi connectivity index (χ4v) is 2.31. The van der Waals surface area contributed by atoms with Crippen molar-refractivity contribution in [2.45, 2.75) is 6.04 Å². The maximum Gasteiger partial charge on any atom is 0.329 e. The molecule has 1 aromatic rings. The number of hydrogen-bond acceptors (Lipinski definition) is 4. The van der Waals surface area contributed by atoms with Crippen LogP contribution in [0, 0.1) is 0 Å². The van der Waals surface area contributed by atoms with Gasteiger partial charge in [-0.25, -0.2) is 4.79 Å². The zero-order chi connectivity index (χ0) is 10.5. The first-order valence-corrected chi connectivity index (χ1v) is 6.09. The van der Waals surface area contributed by atoms with Gasteiger partial charge in [-0.2, -0.15) is 11.8 Å². The Bertz CT molecular complexity index is 323. The molecule has 80 valence electrons. The van der Waals surface area contributed by atoms with Crippen LogP contribution in [-0.2, 0) is 4.79 Å². The number of esters is 1. The second kappa shape index (κ2) is 5.19. The van der Waals surface area contributed by atoms with Crippen LogP contribution in [0.4, 0.5) is 0 Å². The predicted molar refractivity (Wildman–Crippen MR) is 61.2 cm³/mol. The van der Waals surface area contributed by atoms with Crippen molar-refractivity contribution in [3.05, 3.63) is 30.3 Å². The summed E-state index contributed by atoms with van der Waals surface area (Å²) in [6, 6.07) is 9.01. The number of hydrogen-bond donors (Lipinski definition) is 1. The highest BCUT2D eigenvalue weighted by Crippen LogP contribution is 2.13. The summed E-state index contributed by atoms with van der Waals surface area (Å²) in [4.78, 5) is 11.7. The number of para-hydroxylation sites is 1. The van der Waals surface area contributed by atoms with E-state index in [0.29, 0.717) is 5.75 Å². The minimum Gasteiger partial charge on any atom is -0.425 e. The standard InChI is InChI=1S/C11H13NO2S/c13-11(10-8-15-7-6-12-10)14-9-4-2-1-3-5-9/h1-5,10,12H,6-8H2. The molecule has 1 saturated heterocycles. The average Bonchev–Trinajstić information content (AvgIpc) is 2.31. The van der Waals surface area contributed by atoms with Crippen LogP contribution in [0.3, 0.4) is 0 Å². The molecular formula is C11H13NO2S. The molecule has 1 fully saturated rings. The van der Waals surface area contributed by atoms with E-state index in [1.807, 2.05) is 18.2 Å². The first kappa shape index (κ1) is 10.5. The summed E-state index contributed by atoms with van der Waals surface area (Å²) in [5.41, 5.74) is 0. The van der Waals surface area contributed by atoms with E-state index in [-0.39, 0.29) is 12.0 Å². The highest BCUT2D eigenvalue weighted by Gasteiger charge is 2.22. The Hall–Kier alpha value is -1.00. The van der Waals surface area contributed by atoms with Gasteiger partial charge in [-0.05, 0) is 12.1 Å². The smallest absolute Gasteiger partial charge is 0.329 e. The molecule has 15 heavy (non-hydrogen) atoms. The van der Waals surface area contributed by atoms with Crippen LogP contribution in [-0.4, -0.2) is 30.1 Å². The molecule has 1 aromatic carbocycles. The molecule has 0 aromatic heterocycles. The summed E-state index contributed by atoms with van der Waals surface area (Å²) in [5.74, 6) is 2.29. The molecule has 1 unspecified atom stereocenters. The Morgan fingerprint density at radius 2 is 2.20 bits per heavy atom. The molecule has 1 aliphatic heterocycles. The van der Waals surface area contributed by atoms with Gasteiger partial charge in [0.2, 0.25) is 0 Å². The largest absolute Gasteiger partial charge is 0.425 e. The third kappa shape index (κ3) is 2.97. The van der Waals surface area contributed by atoms with E-state index in [0.717, 1.165) is 18.1 Å². The third-order valence-corrected chi connectivity index (χ3v) is 3.23. The van der Waals surface area contributed by atoms with Crippen LogP contribution in [0.25, 0.3) is 0 Å². The fraction of sp³-hybridized carbons (Fsp3) is 0.364. The summed E-state index contributed by atoms with van der Waals surface area (Å²) in [5, 5.41) is 3.14. The maximum absolute atomic E-state index is 11.7. The lowest BCUT2D eigenvalue weighted by Gasteiger charge is -2.21. The number of carbonyl (C=O) groups is 1. The lowest BCUT2D eigenvalue weighted by molar-refractivity contribution is -0.136. The number of benzene rings is 1. The third-order valence-electron chi connectivity index (χ3n) is 2.17. The Labute approximate surface area is 93.2 Å². The topological polar surface area (TPSA) is 38.3 Å². The van der Waals surface area contributed by atoms with Crippen molar-refractivity contribution >= 4 is 17.7 Å². The Balaban J connectivity index is 1.91. The number of thioether (sulfide) groups is 1. The van der Waals surface area contributed by atoms with E-state index in [9.17, 15) is 4.79 Å². The van der Waals surface area contributed by atoms with Gasteiger partial charge in [0.15, 0.2) is 0 Å². The molecule has 2 rings (SSSR count). The molecule has 0 amide bonds. The molecule has 3 nitrogen and oxygen atoms in total. The quantitative estimate of drug-likeness (QED) is 0.606. The van der Waals surface area contributed by atoms with Crippen LogP contribution in [0.15, 0.2) is 30.3 Å². The lowest BCUT2D eigenvalue weighted by Crippen LogP contribution is -2.45. The molecule has 4 heteroatoms. The van der Waals surface area contributed by atoms with Gasteiger partial charge in [0.25, 0.3) is 0 Å².